The topological polar surface area (TPSA) is 85.1 Å². The third-order valence-corrected chi connectivity index (χ3v) is 3.59. The molecule has 0 saturated carbocycles. The molecule has 22 heavy (non-hydrogen) atoms. The van der Waals surface area contributed by atoms with E-state index in [0.29, 0.717) is 5.69 Å². The van der Waals surface area contributed by atoms with Gasteiger partial charge in [-0.15, -0.1) is 0 Å². The largest absolute Gasteiger partial charge is 0.370 e. The fourth-order valence-electron chi connectivity index (χ4n) is 2.20. The first-order valence-electron chi connectivity index (χ1n) is 7.22. The highest BCUT2D eigenvalue weighted by Gasteiger charge is 2.28. The zero-order valence-corrected chi connectivity index (χ0v) is 13.1. The van der Waals surface area contributed by atoms with Crippen molar-refractivity contribution in [2.75, 3.05) is 0 Å². The molecule has 0 aliphatic carbocycles. The molecule has 2 aromatic rings. The minimum absolute atomic E-state index is 0.100. The number of fused-ring (bicyclic) bond motifs is 1. The number of hydrogen-bond donors (Lipinski definition) is 2. The number of pyridine rings is 1. The van der Waals surface area contributed by atoms with E-state index in [1.165, 1.54) is 0 Å². The fourth-order valence-corrected chi connectivity index (χ4v) is 2.20. The van der Waals surface area contributed by atoms with Gasteiger partial charge in [-0.05, 0) is 17.5 Å². The molecular weight excluding hydrogens is 278 g/mol. The molecule has 1 heterocycles. The summed E-state index contributed by atoms with van der Waals surface area (Å²) in [6.45, 7) is 5.86. The summed E-state index contributed by atoms with van der Waals surface area (Å²) in [7, 11) is 0. The number of para-hydroxylation sites is 1. The van der Waals surface area contributed by atoms with Gasteiger partial charge in [-0.3, -0.25) is 9.59 Å². The Morgan fingerprint density at radius 2 is 1.86 bits per heavy atom. The average molecular weight is 299 g/mol. The van der Waals surface area contributed by atoms with Crippen molar-refractivity contribution in [3.8, 4) is 0 Å². The Morgan fingerprint density at radius 1 is 1.18 bits per heavy atom. The summed E-state index contributed by atoms with van der Waals surface area (Å²) in [5, 5.41) is 3.84. The second kappa shape index (κ2) is 6.13. The number of carbonyl (C=O) groups is 2. The Balaban J connectivity index is 2.23. The smallest absolute Gasteiger partial charge is 0.270 e. The van der Waals surface area contributed by atoms with E-state index in [1.807, 2.05) is 51.1 Å². The first kappa shape index (κ1) is 15.9. The number of amides is 2. The van der Waals surface area contributed by atoms with Crippen molar-refractivity contribution in [1.29, 1.82) is 0 Å². The van der Waals surface area contributed by atoms with Crippen molar-refractivity contribution in [3.05, 3.63) is 42.1 Å². The SMILES string of the molecule is CC(C)(C)[C@H](CC(N)=O)NC(=O)c1ccc2ccccc2n1. The molecule has 0 saturated heterocycles. The summed E-state index contributed by atoms with van der Waals surface area (Å²) in [6, 6.07) is 10.8. The van der Waals surface area contributed by atoms with Gasteiger partial charge in [0.25, 0.3) is 5.91 Å². The zero-order chi connectivity index (χ0) is 16.3. The molecule has 1 aromatic heterocycles. The summed E-state index contributed by atoms with van der Waals surface area (Å²) in [4.78, 5) is 28.0. The first-order chi connectivity index (χ1) is 10.3. The number of primary amides is 1. The predicted octanol–water partition coefficient (Wildman–Crippen LogP) is 2.25. The highest BCUT2D eigenvalue weighted by molar-refractivity contribution is 5.95. The molecule has 0 radical (unpaired) electrons. The normalized spacial score (nSPS) is 12.9. The van der Waals surface area contributed by atoms with Crippen LogP contribution < -0.4 is 11.1 Å². The van der Waals surface area contributed by atoms with Crippen molar-refractivity contribution in [3.63, 3.8) is 0 Å². The van der Waals surface area contributed by atoms with Crippen LogP contribution in [0.2, 0.25) is 0 Å². The molecule has 1 aromatic carbocycles. The summed E-state index contributed by atoms with van der Waals surface area (Å²) in [5.74, 6) is -0.737. The quantitative estimate of drug-likeness (QED) is 0.908. The molecule has 0 unspecified atom stereocenters. The minimum atomic E-state index is -0.438. The Bertz CT molecular complexity index is 704. The van der Waals surface area contributed by atoms with Crippen LogP contribution in [-0.4, -0.2) is 22.8 Å². The summed E-state index contributed by atoms with van der Waals surface area (Å²) in [6.07, 6.45) is 0.100. The number of carbonyl (C=O) groups excluding carboxylic acids is 2. The molecule has 5 heteroatoms. The highest BCUT2D eigenvalue weighted by Crippen LogP contribution is 2.22. The number of hydrogen-bond acceptors (Lipinski definition) is 3. The van der Waals surface area contributed by atoms with Crippen LogP contribution in [0, 0.1) is 5.41 Å². The van der Waals surface area contributed by atoms with Gasteiger partial charge in [0.05, 0.1) is 5.52 Å². The maximum absolute atomic E-state index is 12.4. The van der Waals surface area contributed by atoms with Crippen molar-refractivity contribution in [2.45, 2.75) is 33.2 Å². The van der Waals surface area contributed by atoms with Crippen LogP contribution in [0.15, 0.2) is 36.4 Å². The minimum Gasteiger partial charge on any atom is -0.370 e. The molecule has 0 fully saturated rings. The third-order valence-electron chi connectivity index (χ3n) is 3.59. The second-order valence-corrected chi connectivity index (χ2v) is 6.45. The van der Waals surface area contributed by atoms with Gasteiger partial charge in [0.1, 0.15) is 5.69 Å². The molecule has 5 nitrogen and oxygen atoms in total. The van der Waals surface area contributed by atoms with Crippen molar-refractivity contribution < 1.29 is 9.59 Å². The van der Waals surface area contributed by atoms with Gasteiger partial charge in [0.15, 0.2) is 0 Å². The molecule has 0 aliphatic heterocycles. The van der Waals surface area contributed by atoms with E-state index in [-0.39, 0.29) is 23.8 Å². The van der Waals surface area contributed by atoms with E-state index in [0.717, 1.165) is 10.9 Å². The molecule has 116 valence electrons. The Labute approximate surface area is 129 Å². The zero-order valence-electron chi connectivity index (χ0n) is 13.1. The number of nitrogens with zero attached hydrogens (tertiary/aromatic N) is 1. The van der Waals surface area contributed by atoms with E-state index in [9.17, 15) is 9.59 Å². The molecule has 2 amide bonds. The molecule has 2 rings (SSSR count). The van der Waals surface area contributed by atoms with Gasteiger partial charge in [0.2, 0.25) is 5.91 Å². The van der Waals surface area contributed by atoms with E-state index >= 15 is 0 Å². The van der Waals surface area contributed by atoms with Gasteiger partial charge in [-0.25, -0.2) is 4.98 Å². The van der Waals surface area contributed by atoms with Gasteiger partial charge < -0.3 is 11.1 Å². The summed E-state index contributed by atoms with van der Waals surface area (Å²) < 4.78 is 0. The molecule has 0 spiro atoms. The Hall–Kier alpha value is -2.43. The number of rotatable bonds is 4. The van der Waals surface area contributed by atoms with Crippen molar-refractivity contribution >= 4 is 22.7 Å². The summed E-state index contributed by atoms with van der Waals surface area (Å²) in [5.41, 5.74) is 6.09. The lowest BCUT2D eigenvalue weighted by Gasteiger charge is -2.30. The molecule has 3 N–H and O–H groups in total. The lowest BCUT2D eigenvalue weighted by atomic mass is 9.84. The highest BCUT2D eigenvalue weighted by atomic mass is 16.2. The van der Waals surface area contributed by atoms with Crippen LogP contribution in [-0.2, 0) is 4.79 Å². The van der Waals surface area contributed by atoms with Gasteiger partial charge >= 0.3 is 0 Å². The Kier molecular flexibility index (Phi) is 4.45. The standard InChI is InChI=1S/C17H21N3O2/c1-17(2,3)14(10-15(18)21)20-16(22)13-9-8-11-6-4-5-7-12(11)19-13/h4-9,14H,10H2,1-3H3,(H2,18,21)(H,20,22)/t14-/m0/s1. The fraction of sp³-hybridized carbons (Fsp3) is 0.353. The van der Waals surface area contributed by atoms with Crippen LogP contribution in [0.25, 0.3) is 10.9 Å². The van der Waals surface area contributed by atoms with Crippen LogP contribution in [0.1, 0.15) is 37.7 Å². The van der Waals surface area contributed by atoms with E-state index < -0.39 is 5.91 Å². The maximum atomic E-state index is 12.4. The van der Waals surface area contributed by atoms with E-state index in [1.54, 1.807) is 6.07 Å². The van der Waals surface area contributed by atoms with Crippen LogP contribution >= 0.6 is 0 Å². The second-order valence-electron chi connectivity index (χ2n) is 6.45. The van der Waals surface area contributed by atoms with Crippen molar-refractivity contribution in [2.24, 2.45) is 11.1 Å². The van der Waals surface area contributed by atoms with Gasteiger partial charge in [0, 0.05) is 17.8 Å². The molecule has 0 aliphatic rings. The third kappa shape index (κ3) is 3.81. The average Bonchev–Trinajstić information content (AvgIpc) is 2.44. The number of aromatic nitrogens is 1. The lowest BCUT2D eigenvalue weighted by molar-refractivity contribution is -0.119. The number of benzene rings is 1. The molecule has 1 atom stereocenters. The molecular formula is C17H21N3O2. The first-order valence-corrected chi connectivity index (χ1v) is 7.22. The number of nitrogens with one attached hydrogen (secondary N) is 1. The lowest BCUT2D eigenvalue weighted by Crippen LogP contribution is -2.46. The van der Waals surface area contributed by atoms with E-state index in [4.69, 9.17) is 5.73 Å². The van der Waals surface area contributed by atoms with Crippen molar-refractivity contribution in [1.82, 2.24) is 10.3 Å². The molecule has 0 bridgehead atoms. The van der Waals surface area contributed by atoms with Gasteiger partial charge in [-0.1, -0.05) is 45.0 Å². The van der Waals surface area contributed by atoms with Crippen LogP contribution in [0.5, 0.6) is 0 Å². The summed E-state index contributed by atoms with van der Waals surface area (Å²) >= 11 is 0. The maximum Gasteiger partial charge on any atom is 0.270 e. The monoisotopic (exact) mass is 299 g/mol. The van der Waals surface area contributed by atoms with Crippen LogP contribution in [0.3, 0.4) is 0 Å². The van der Waals surface area contributed by atoms with Gasteiger partial charge in [-0.2, -0.15) is 0 Å². The van der Waals surface area contributed by atoms with E-state index in [2.05, 4.69) is 10.3 Å². The van der Waals surface area contributed by atoms with Crippen LogP contribution in [0.4, 0.5) is 0 Å². The Morgan fingerprint density at radius 3 is 2.50 bits per heavy atom. The number of nitrogens with two attached hydrogens (primary N) is 1. The predicted molar refractivity (Wildman–Crippen MR) is 86.3 cm³/mol.